The van der Waals surface area contributed by atoms with Crippen molar-refractivity contribution in [3.8, 4) is 0 Å². The summed E-state index contributed by atoms with van der Waals surface area (Å²) in [5.41, 5.74) is 1.38. The fourth-order valence-corrected chi connectivity index (χ4v) is 0.779. The van der Waals surface area contributed by atoms with Crippen LogP contribution in [0.25, 0.3) is 0 Å². The third kappa shape index (κ3) is 2.83. The van der Waals surface area contributed by atoms with Gasteiger partial charge in [0, 0.05) is 11.1 Å². The molecule has 0 saturated carbocycles. The van der Waals surface area contributed by atoms with Crippen LogP contribution in [0.2, 0.25) is 5.02 Å². The second-order valence-corrected chi connectivity index (χ2v) is 2.11. The number of nitrogens with two attached hydrogens (primary N) is 1. The van der Waals surface area contributed by atoms with E-state index in [0.717, 1.165) is 5.48 Å². The largest absolute Gasteiger partial charge is 1.00 e. The van der Waals surface area contributed by atoms with Crippen molar-refractivity contribution in [2.45, 2.75) is 0 Å². The van der Waals surface area contributed by atoms with Crippen LogP contribution in [0.1, 0.15) is 0 Å². The van der Waals surface area contributed by atoms with Gasteiger partial charge in [-0.1, -0.05) is 17.7 Å². The quantitative estimate of drug-likeness (QED) is 0.359. The molecule has 1 rings (SSSR count). The third-order valence-electron chi connectivity index (χ3n) is 0.985. The van der Waals surface area contributed by atoms with E-state index in [9.17, 15) is 5.21 Å². The lowest BCUT2D eigenvalue weighted by Crippen LogP contribution is -3.00. The first-order chi connectivity index (χ1) is 4.33. The Bertz CT molecular complexity index is 207. The van der Waals surface area contributed by atoms with Crippen LogP contribution in [0.15, 0.2) is 24.3 Å². The first-order valence-electron chi connectivity index (χ1n) is 2.53. The number of quaternary nitrogens is 1. The number of hydrogen-bond donors (Lipinski definition) is 1. The molecule has 0 bridgehead atoms. The molecule has 0 aromatic heterocycles. The molecule has 0 amide bonds. The van der Waals surface area contributed by atoms with Crippen molar-refractivity contribution in [2.75, 3.05) is 0 Å². The van der Waals surface area contributed by atoms with Crippen LogP contribution in [0.3, 0.4) is 0 Å². The SMILES string of the molecule is [I-].[O-][NH2+]c1cccc(Cl)c1. The highest BCUT2D eigenvalue weighted by atomic mass is 127. The van der Waals surface area contributed by atoms with Crippen LogP contribution in [0.5, 0.6) is 0 Å². The molecular weight excluding hydrogens is 264 g/mol. The van der Waals surface area contributed by atoms with Gasteiger partial charge >= 0.3 is 0 Å². The zero-order valence-corrected chi connectivity index (χ0v) is 7.96. The summed E-state index contributed by atoms with van der Waals surface area (Å²) in [6.45, 7) is 0. The van der Waals surface area contributed by atoms with Gasteiger partial charge in [0.25, 0.3) is 0 Å². The van der Waals surface area contributed by atoms with Crippen molar-refractivity contribution >= 4 is 17.3 Å². The maximum Gasteiger partial charge on any atom is 0.131 e. The van der Waals surface area contributed by atoms with Crippen LogP contribution in [0.4, 0.5) is 5.69 Å². The second kappa shape index (κ2) is 4.90. The summed E-state index contributed by atoms with van der Waals surface area (Å²) in [5, 5.41) is 10.7. The molecule has 10 heavy (non-hydrogen) atoms. The van der Waals surface area contributed by atoms with Crippen LogP contribution in [-0.2, 0) is 0 Å². The van der Waals surface area contributed by atoms with Crippen LogP contribution in [-0.4, -0.2) is 0 Å². The highest BCUT2D eigenvalue weighted by Gasteiger charge is 1.89. The Morgan fingerprint density at radius 1 is 1.40 bits per heavy atom. The van der Waals surface area contributed by atoms with Crippen molar-refractivity contribution in [3.63, 3.8) is 0 Å². The highest BCUT2D eigenvalue weighted by molar-refractivity contribution is 6.30. The minimum absolute atomic E-state index is 0. The Labute approximate surface area is 81.2 Å². The Morgan fingerprint density at radius 3 is 2.50 bits per heavy atom. The van der Waals surface area contributed by atoms with Gasteiger partial charge in [-0.3, -0.25) is 0 Å². The molecule has 0 atom stereocenters. The van der Waals surface area contributed by atoms with E-state index >= 15 is 0 Å². The average molecular weight is 270 g/mol. The lowest BCUT2D eigenvalue weighted by molar-refractivity contribution is -0.497. The summed E-state index contributed by atoms with van der Waals surface area (Å²) in [6.07, 6.45) is 0. The number of benzene rings is 1. The van der Waals surface area contributed by atoms with Crippen molar-refractivity contribution in [3.05, 3.63) is 34.5 Å². The molecule has 0 aliphatic rings. The normalized spacial score (nSPS) is 8.60. The van der Waals surface area contributed by atoms with Gasteiger partial charge in [-0.2, -0.15) is 0 Å². The molecule has 2 nitrogen and oxygen atoms in total. The van der Waals surface area contributed by atoms with E-state index in [1.54, 1.807) is 24.3 Å². The van der Waals surface area contributed by atoms with Gasteiger partial charge in [-0.25, -0.2) is 0 Å². The molecule has 0 radical (unpaired) electrons. The molecule has 0 unspecified atom stereocenters. The zero-order chi connectivity index (χ0) is 6.69. The molecule has 0 saturated heterocycles. The predicted molar refractivity (Wildman–Crippen MR) is 36.4 cm³/mol. The lowest BCUT2D eigenvalue weighted by atomic mass is 10.3. The molecule has 1 aromatic carbocycles. The minimum atomic E-state index is 0. The maximum atomic E-state index is 10.1. The summed E-state index contributed by atoms with van der Waals surface area (Å²) < 4.78 is 0. The number of hydrogen-bond acceptors (Lipinski definition) is 1. The Morgan fingerprint density at radius 2 is 2.10 bits per heavy atom. The monoisotopic (exact) mass is 270 g/mol. The van der Waals surface area contributed by atoms with E-state index < -0.39 is 0 Å². The molecule has 0 fully saturated rings. The topological polar surface area (TPSA) is 39.7 Å². The molecular formula is C6H6ClINO-. The van der Waals surface area contributed by atoms with Gasteiger partial charge in [0.2, 0.25) is 0 Å². The van der Waals surface area contributed by atoms with Gasteiger partial charge in [-0.05, 0) is 12.1 Å². The Kier molecular flexibility index (Phi) is 4.98. The van der Waals surface area contributed by atoms with Crippen molar-refractivity contribution in [2.24, 2.45) is 0 Å². The third-order valence-corrected chi connectivity index (χ3v) is 1.22. The Balaban J connectivity index is 0.000000810. The van der Waals surface area contributed by atoms with E-state index in [1.165, 1.54) is 0 Å². The standard InChI is InChI=1S/C6H6ClNO.HI/c7-5-2-1-3-6(4-5)8-9;/h1-4H,8H2;1H/p-1. The maximum absolute atomic E-state index is 10.1. The molecule has 0 aliphatic heterocycles. The van der Waals surface area contributed by atoms with Crippen LogP contribution in [0, 0.1) is 5.21 Å². The summed E-state index contributed by atoms with van der Waals surface area (Å²) in [5.74, 6) is 0. The highest BCUT2D eigenvalue weighted by Crippen LogP contribution is 2.09. The van der Waals surface area contributed by atoms with Crippen molar-refractivity contribution in [1.82, 2.24) is 0 Å². The molecule has 1 aromatic rings. The van der Waals surface area contributed by atoms with Crippen molar-refractivity contribution < 1.29 is 29.5 Å². The predicted octanol–water partition coefficient (Wildman–Crippen LogP) is -1.96. The van der Waals surface area contributed by atoms with E-state index in [4.69, 9.17) is 11.6 Å². The average Bonchev–Trinajstić information content (AvgIpc) is 1.88. The molecule has 56 valence electrons. The molecule has 0 spiro atoms. The van der Waals surface area contributed by atoms with Crippen LogP contribution >= 0.6 is 11.6 Å². The van der Waals surface area contributed by atoms with Crippen LogP contribution < -0.4 is 29.5 Å². The first kappa shape index (κ1) is 10.2. The van der Waals surface area contributed by atoms with Gasteiger partial charge in [-0.15, -0.1) is 0 Å². The summed E-state index contributed by atoms with van der Waals surface area (Å²) in [6, 6.07) is 6.80. The number of rotatable bonds is 1. The summed E-state index contributed by atoms with van der Waals surface area (Å²) in [7, 11) is 0. The summed E-state index contributed by atoms with van der Waals surface area (Å²) >= 11 is 5.56. The van der Waals surface area contributed by atoms with E-state index in [0.29, 0.717) is 10.7 Å². The fourth-order valence-electron chi connectivity index (χ4n) is 0.580. The van der Waals surface area contributed by atoms with E-state index in [-0.39, 0.29) is 24.0 Å². The van der Waals surface area contributed by atoms with Gasteiger partial charge < -0.3 is 34.7 Å². The summed E-state index contributed by atoms with van der Waals surface area (Å²) in [4.78, 5) is 0. The smallest absolute Gasteiger partial charge is 0.131 e. The van der Waals surface area contributed by atoms with Gasteiger partial charge in [0.1, 0.15) is 5.69 Å². The number of halogens is 2. The molecule has 0 heterocycles. The second-order valence-electron chi connectivity index (χ2n) is 1.67. The zero-order valence-electron chi connectivity index (χ0n) is 5.05. The minimum Gasteiger partial charge on any atom is -1.00 e. The molecule has 2 N–H and O–H groups in total. The lowest BCUT2D eigenvalue weighted by Gasteiger charge is -1.99. The molecule has 4 heteroatoms. The van der Waals surface area contributed by atoms with E-state index in [2.05, 4.69) is 0 Å². The molecule has 0 aliphatic carbocycles. The van der Waals surface area contributed by atoms with Gasteiger partial charge in [0.05, 0.1) is 0 Å². The van der Waals surface area contributed by atoms with E-state index in [1.807, 2.05) is 0 Å². The fraction of sp³-hybridized carbons (Fsp3) is 0. The first-order valence-corrected chi connectivity index (χ1v) is 2.91. The van der Waals surface area contributed by atoms with Crippen molar-refractivity contribution in [1.29, 1.82) is 0 Å². The Hall–Kier alpha value is 0.160. The van der Waals surface area contributed by atoms with Gasteiger partial charge in [0.15, 0.2) is 0 Å².